The zero-order valence-corrected chi connectivity index (χ0v) is 8.01. The van der Waals surface area contributed by atoms with Crippen LogP contribution in [-0.4, -0.2) is 0 Å². The van der Waals surface area contributed by atoms with E-state index in [1.165, 1.54) is 19.3 Å². The number of hydrogen-bond acceptors (Lipinski definition) is 0. The molecule has 0 aliphatic heterocycles. The minimum Gasteiger partial charge on any atom is -0.0880 e. The summed E-state index contributed by atoms with van der Waals surface area (Å²) in [6.07, 6.45) is 8.86. The smallest absolute Gasteiger partial charge is 0.0259 e. The molecule has 2 unspecified atom stereocenters. The van der Waals surface area contributed by atoms with Crippen LogP contribution in [0.2, 0.25) is 0 Å². The Kier molecular flexibility index (Phi) is 3.16. The highest BCUT2D eigenvalue weighted by Crippen LogP contribution is 2.27. The summed E-state index contributed by atoms with van der Waals surface area (Å²) in [5.74, 6) is 2.67. The molecule has 64 valence electrons. The van der Waals surface area contributed by atoms with Gasteiger partial charge in [-0.25, -0.2) is 0 Å². The second-order valence-corrected chi connectivity index (χ2v) is 4.37. The van der Waals surface area contributed by atoms with Crippen molar-refractivity contribution in [3.63, 3.8) is 0 Å². The Morgan fingerprint density at radius 3 is 2.73 bits per heavy atom. The molecule has 11 heavy (non-hydrogen) atoms. The first-order valence-electron chi connectivity index (χ1n) is 4.85. The Balaban J connectivity index is 2.31. The van der Waals surface area contributed by atoms with Crippen LogP contribution < -0.4 is 0 Å². The molecule has 0 heterocycles. The van der Waals surface area contributed by atoms with Crippen LogP contribution >= 0.6 is 0 Å². The summed E-state index contributed by atoms with van der Waals surface area (Å²) in [5, 5.41) is 0. The van der Waals surface area contributed by atoms with Crippen molar-refractivity contribution in [1.29, 1.82) is 0 Å². The van der Waals surface area contributed by atoms with Crippen molar-refractivity contribution in [3.8, 4) is 0 Å². The van der Waals surface area contributed by atoms with Crippen LogP contribution in [0.3, 0.4) is 0 Å². The molecule has 0 amide bonds. The van der Waals surface area contributed by atoms with E-state index in [0.717, 1.165) is 17.8 Å². The summed E-state index contributed by atoms with van der Waals surface area (Å²) in [5.41, 5.74) is 0. The van der Waals surface area contributed by atoms with Crippen LogP contribution in [0.5, 0.6) is 0 Å². The van der Waals surface area contributed by atoms with Crippen molar-refractivity contribution in [2.24, 2.45) is 17.8 Å². The molecule has 0 bridgehead atoms. The van der Waals surface area contributed by atoms with Crippen molar-refractivity contribution in [2.75, 3.05) is 0 Å². The van der Waals surface area contributed by atoms with Gasteiger partial charge in [0.25, 0.3) is 0 Å². The Morgan fingerprint density at radius 1 is 1.45 bits per heavy atom. The van der Waals surface area contributed by atoms with E-state index in [1.54, 1.807) is 0 Å². The van der Waals surface area contributed by atoms with Crippen molar-refractivity contribution < 1.29 is 0 Å². The molecule has 0 saturated carbocycles. The molecule has 0 aromatic carbocycles. The predicted molar refractivity (Wildman–Crippen MR) is 50.5 cm³/mol. The lowest BCUT2D eigenvalue weighted by atomic mass is 9.83. The first kappa shape index (κ1) is 8.83. The van der Waals surface area contributed by atoms with Gasteiger partial charge in [0.15, 0.2) is 0 Å². The maximum atomic E-state index is 2.36. The number of rotatable bonds is 2. The fourth-order valence-electron chi connectivity index (χ4n) is 2.06. The zero-order valence-electron chi connectivity index (χ0n) is 8.01. The Hall–Kier alpha value is -0.260. The van der Waals surface area contributed by atoms with Crippen LogP contribution in [0.25, 0.3) is 0 Å². The minimum absolute atomic E-state index is 0.826. The largest absolute Gasteiger partial charge is 0.0880 e. The highest BCUT2D eigenvalue weighted by molar-refractivity contribution is 4.94. The summed E-state index contributed by atoms with van der Waals surface area (Å²) >= 11 is 0. The highest BCUT2D eigenvalue weighted by atomic mass is 14.2. The molecule has 2 atom stereocenters. The van der Waals surface area contributed by atoms with Crippen molar-refractivity contribution >= 4 is 0 Å². The van der Waals surface area contributed by atoms with Gasteiger partial charge >= 0.3 is 0 Å². The molecule has 0 radical (unpaired) electrons. The highest BCUT2D eigenvalue weighted by Gasteiger charge is 2.15. The second-order valence-electron chi connectivity index (χ2n) is 4.37. The molecule has 0 aromatic heterocycles. The fraction of sp³-hybridized carbons (Fsp3) is 0.818. The van der Waals surface area contributed by atoms with E-state index in [9.17, 15) is 0 Å². The van der Waals surface area contributed by atoms with Crippen molar-refractivity contribution in [1.82, 2.24) is 0 Å². The van der Waals surface area contributed by atoms with Crippen LogP contribution in [0.4, 0.5) is 0 Å². The SMILES string of the molecule is CC(C)CC1CC=CC(C)C1. The van der Waals surface area contributed by atoms with Gasteiger partial charge < -0.3 is 0 Å². The first-order valence-corrected chi connectivity index (χ1v) is 4.85. The van der Waals surface area contributed by atoms with Gasteiger partial charge in [-0.15, -0.1) is 0 Å². The number of hydrogen-bond donors (Lipinski definition) is 0. The molecule has 1 aliphatic rings. The minimum atomic E-state index is 0.826. The standard InChI is InChI=1S/C11H20/c1-9(2)7-11-6-4-5-10(3)8-11/h4-5,9-11H,6-8H2,1-3H3. The molecular formula is C11H20. The Labute approximate surface area is 70.7 Å². The third-order valence-corrected chi connectivity index (χ3v) is 2.44. The van der Waals surface area contributed by atoms with Crippen LogP contribution in [0.15, 0.2) is 12.2 Å². The maximum absolute atomic E-state index is 2.36. The monoisotopic (exact) mass is 152 g/mol. The van der Waals surface area contributed by atoms with Gasteiger partial charge in [0, 0.05) is 0 Å². The predicted octanol–water partition coefficient (Wildman–Crippen LogP) is 3.63. The van der Waals surface area contributed by atoms with Gasteiger partial charge in [0.05, 0.1) is 0 Å². The number of allylic oxidation sites excluding steroid dienone is 2. The van der Waals surface area contributed by atoms with Crippen molar-refractivity contribution in [2.45, 2.75) is 40.0 Å². The Bertz CT molecular complexity index is 133. The molecule has 0 spiro atoms. The molecule has 1 aliphatic carbocycles. The lowest BCUT2D eigenvalue weighted by Crippen LogP contribution is -2.11. The zero-order chi connectivity index (χ0) is 8.27. The van der Waals surface area contributed by atoms with E-state index < -0.39 is 0 Å². The van der Waals surface area contributed by atoms with Crippen molar-refractivity contribution in [3.05, 3.63) is 12.2 Å². The topological polar surface area (TPSA) is 0 Å². The third-order valence-electron chi connectivity index (χ3n) is 2.44. The third kappa shape index (κ3) is 3.09. The van der Waals surface area contributed by atoms with Gasteiger partial charge in [-0.1, -0.05) is 32.9 Å². The summed E-state index contributed by atoms with van der Waals surface area (Å²) in [6.45, 7) is 6.97. The average Bonchev–Trinajstić information content (AvgIpc) is 1.85. The van der Waals surface area contributed by atoms with E-state index in [4.69, 9.17) is 0 Å². The molecule has 0 aromatic rings. The second kappa shape index (κ2) is 3.94. The lowest BCUT2D eigenvalue weighted by molar-refractivity contribution is 0.346. The van der Waals surface area contributed by atoms with E-state index >= 15 is 0 Å². The van der Waals surface area contributed by atoms with Gasteiger partial charge in [-0.3, -0.25) is 0 Å². The normalized spacial score (nSPS) is 31.3. The summed E-state index contributed by atoms with van der Waals surface area (Å²) < 4.78 is 0. The van der Waals surface area contributed by atoms with E-state index in [2.05, 4.69) is 32.9 Å². The van der Waals surface area contributed by atoms with E-state index in [-0.39, 0.29) is 0 Å². The summed E-state index contributed by atoms with van der Waals surface area (Å²) in [7, 11) is 0. The molecule has 0 nitrogen and oxygen atoms in total. The van der Waals surface area contributed by atoms with Crippen LogP contribution in [0, 0.1) is 17.8 Å². The van der Waals surface area contributed by atoms with Gasteiger partial charge in [-0.2, -0.15) is 0 Å². The molecule has 0 heteroatoms. The fourth-order valence-corrected chi connectivity index (χ4v) is 2.06. The molecule has 0 saturated heterocycles. The Morgan fingerprint density at radius 2 is 2.18 bits per heavy atom. The van der Waals surface area contributed by atoms with Gasteiger partial charge in [-0.05, 0) is 37.0 Å². The lowest BCUT2D eigenvalue weighted by Gasteiger charge is -2.23. The quantitative estimate of drug-likeness (QED) is 0.530. The average molecular weight is 152 g/mol. The first-order chi connectivity index (χ1) is 5.18. The molecule has 0 N–H and O–H groups in total. The summed E-state index contributed by atoms with van der Waals surface area (Å²) in [6, 6.07) is 0. The van der Waals surface area contributed by atoms with E-state index in [1.807, 2.05) is 0 Å². The van der Waals surface area contributed by atoms with Crippen LogP contribution in [0.1, 0.15) is 40.0 Å². The molecular weight excluding hydrogens is 132 g/mol. The van der Waals surface area contributed by atoms with Crippen LogP contribution in [-0.2, 0) is 0 Å². The summed E-state index contributed by atoms with van der Waals surface area (Å²) in [4.78, 5) is 0. The van der Waals surface area contributed by atoms with E-state index in [0.29, 0.717) is 0 Å². The van der Waals surface area contributed by atoms with Gasteiger partial charge in [0.1, 0.15) is 0 Å². The van der Waals surface area contributed by atoms with Gasteiger partial charge in [0.2, 0.25) is 0 Å². The maximum Gasteiger partial charge on any atom is -0.0259 e. The molecule has 0 fully saturated rings. The molecule has 1 rings (SSSR count).